The number of anilines is 1. The lowest BCUT2D eigenvalue weighted by atomic mass is 9.95. The van der Waals surface area contributed by atoms with Crippen molar-refractivity contribution in [2.75, 3.05) is 12.3 Å². The first-order chi connectivity index (χ1) is 15.3. The standard InChI is InChI=1S/C24H24F2N4O2/c1-14(22(31)16-4-6-18(25)7-5-16)10-12-32-23-15(2)3-8-19(21(23)26)17-9-11-30-20(13-17)28-24(27)29-30/h3-9,11,13-14,22,31H,10,12H2,1-2H3,(H2,27,29)/t14-,22+/m0/s1. The second kappa shape index (κ2) is 8.92. The number of aromatic nitrogens is 3. The minimum Gasteiger partial charge on any atom is -0.490 e. The maximum Gasteiger partial charge on any atom is 0.240 e. The van der Waals surface area contributed by atoms with Gasteiger partial charge in [-0.2, -0.15) is 4.98 Å². The minimum atomic E-state index is -0.765. The van der Waals surface area contributed by atoms with Gasteiger partial charge in [0.2, 0.25) is 5.95 Å². The van der Waals surface area contributed by atoms with Crippen LogP contribution in [0.5, 0.6) is 5.75 Å². The second-order valence-corrected chi connectivity index (χ2v) is 7.87. The molecule has 2 heterocycles. The Kier molecular flexibility index (Phi) is 6.05. The number of pyridine rings is 1. The van der Waals surface area contributed by atoms with E-state index in [1.54, 1.807) is 49.5 Å². The number of aryl methyl sites for hydroxylation is 1. The van der Waals surface area contributed by atoms with Crippen molar-refractivity contribution >= 4 is 11.6 Å². The lowest BCUT2D eigenvalue weighted by Crippen LogP contribution is -2.13. The number of nitrogens with zero attached hydrogens (tertiary/aromatic N) is 3. The molecule has 0 radical (unpaired) electrons. The third-order valence-corrected chi connectivity index (χ3v) is 5.53. The molecule has 2 aromatic heterocycles. The van der Waals surface area contributed by atoms with Crippen molar-refractivity contribution in [3.8, 4) is 16.9 Å². The number of ether oxygens (including phenoxy) is 1. The largest absolute Gasteiger partial charge is 0.490 e. The van der Waals surface area contributed by atoms with E-state index in [9.17, 15) is 9.50 Å². The second-order valence-electron chi connectivity index (χ2n) is 7.87. The quantitative estimate of drug-likeness (QED) is 0.437. The molecule has 0 saturated heterocycles. The van der Waals surface area contributed by atoms with Gasteiger partial charge < -0.3 is 15.6 Å². The van der Waals surface area contributed by atoms with Crippen LogP contribution in [0.4, 0.5) is 14.7 Å². The fourth-order valence-corrected chi connectivity index (χ4v) is 3.61. The summed E-state index contributed by atoms with van der Waals surface area (Å²) in [5.41, 5.74) is 8.46. The van der Waals surface area contributed by atoms with E-state index >= 15 is 4.39 Å². The van der Waals surface area contributed by atoms with E-state index in [1.165, 1.54) is 16.6 Å². The molecule has 0 bridgehead atoms. The highest BCUT2D eigenvalue weighted by molar-refractivity contribution is 5.70. The molecule has 0 amide bonds. The lowest BCUT2D eigenvalue weighted by molar-refractivity contribution is 0.101. The Bertz CT molecular complexity index is 1240. The molecule has 0 aliphatic heterocycles. The van der Waals surface area contributed by atoms with Crippen LogP contribution < -0.4 is 10.5 Å². The monoisotopic (exact) mass is 438 g/mol. The average molecular weight is 438 g/mol. The smallest absolute Gasteiger partial charge is 0.240 e. The van der Waals surface area contributed by atoms with Crippen molar-refractivity contribution in [3.05, 3.63) is 77.5 Å². The van der Waals surface area contributed by atoms with Gasteiger partial charge in [0.25, 0.3) is 0 Å². The fraction of sp³-hybridized carbons (Fsp3) is 0.250. The first kappa shape index (κ1) is 21.7. The molecule has 0 fully saturated rings. The van der Waals surface area contributed by atoms with Crippen molar-refractivity contribution in [2.45, 2.75) is 26.4 Å². The van der Waals surface area contributed by atoms with Gasteiger partial charge in [-0.05, 0) is 60.2 Å². The molecule has 0 spiro atoms. The van der Waals surface area contributed by atoms with E-state index < -0.39 is 11.9 Å². The number of hydrogen-bond donors (Lipinski definition) is 2. The van der Waals surface area contributed by atoms with Gasteiger partial charge in [-0.1, -0.05) is 31.2 Å². The van der Waals surface area contributed by atoms with Crippen LogP contribution in [-0.4, -0.2) is 26.3 Å². The van der Waals surface area contributed by atoms with Crippen molar-refractivity contribution in [3.63, 3.8) is 0 Å². The first-order valence-electron chi connectivity index (χ1n) is 10.3. The maximum absolute atomic E-state index is 15.3. The molecule has 0 saturated carbocycles. The molecular formula is C24H24F2N4O2. The highest BCUT2D eigenvalue weighted by Crippen LogP contribution is 2.33. The van der Waals surface area contributed by atoms with Crippen molar-refractivity contribution in [1.82, 2.24) is 14.6 Å². The number of benzene rings is 2. The fourth-order valence-electron chi connectivity index (χ4n) is 3.61. The Hall–Kier alpha value is -3.52. The summed E-state index contributed by atoms with van der Waals surface area (Å²) in [4.78, 5) is 4.12. The van der Waals surface area contributed by atoms with Gasteiger partial charge in [-0.15, -0.1) is 5.10 Å². The summed E-state index contributed by atoms with van der Waals surface area (Å²) in [5, 5.41) is 14.5. The van der Waals surface area contributed by atoms with Crippen LogP contribution in [0, 0.1) is 24.5 Å². The summed E-state index contributed by atoms with van der Waals surface area (Å²) in [7, 11) is 0. The summed E-state index contributed by atoms with van der Waals surface area (Å²) in [5.74, 6) is -0.657. The summed E-state index contributed by atoms with van der Waals surface area (Å²) >= 11 is 0. The Morgan fingerprint density at radius 1 is 1.12 bits per heavy atom. The zero-order valence-electron chi connectivity index (χ0n) is 17.8. The van der Waals surface area contributed by atoms with Gasteiger partial charge in [0, 0.05) is 11.8 Å². The molecule has 4 rings (SSSR count). The molecule has 2 atom stereocenters. The normalized spacial score (nSPS) is 13.3. The van der Waals surface area contributed by atoms with E-state index in [0.717, 1.165) is 0 Å². The van der Waals surface area contributed by atoms with Crippen LogP contribution in [-0.2, 0) is 0 Å². The van der Waals surface area contributed by atoms with Gasteiger partial charge in [-0.3, -0.25) is 0 Å². The zero-order valence-corrected chi connectivity index (χ0v) is 17.8. The number of rotatable bonds is 7. The third kappa shape index (κ3) is 4.40. The Morgan fingerprint density at radius 2 is 1.88 bits per heavy atom. The molecule has 32 heavy (non-hydrogen) atoms. The molecule has 6 nitrogen and oxygen atoms in total. The number of nitrogens with two attached hydrogens (primary N) is 1. The van der Waals surface area contributed by atoms with Crippen LogP contribution in [0.15, 0.2) is 54.7 Å². The third-order valence-electron chi connectivity index (χ3n) is 5.53. The van der Waals surface area contributed by atoms with E-state index in [2.05, 4.69) is 10.1 Å². The zero-order chi connectivity index (χ0) is 22.8. The van der Waals surface area contributed by atoms with Gasteiger partial charge in [-0.25, -0.2) is 13.3 Å². The molecule has 0 unspecified atom stereocenters. The topological polar surface area (TPSA) is 85.7 Å². The van der Waals surface area contributed by atoms with Crippen LogP contribution >= 0.6 is 0 Å². The Balaban J connectivity index is 1.48. The number of fused-ring (bicyclic) bond motifs is 1. The first-order valence-corrected chi connectivity index (χ1v) is 10.3. The lowest BCUT2D eigenvalue weighted by Gasteiger charge is -2.20. The number of hydrogen-bond acceptors (Lipinski definition) is 5. The number of aliphatic hydroxyl groups excluding tert-OH is 1. The van der Waals surface area contributed by atoms with Gasteiger partial charge in [0.1, 0.15) is 5.82 Å². The summed E-state index contributed by atoms with van der Waals surface area (Å²) in [6.45, 7) is 3.87. The van der Waals surface area contributed by atoms with Gasteiger partial charge >= 0.3 is 0 Å². The average Bonchev–Trinajstić information content (AvgIpc) is 3.15. The van der Waals surface area contributed by atoms with Gasteiger partial charge in [0.15, 0.2) is 17.2 Å². The molecule has 4 aromatic rings. The van der Waals surface area contributed by atoms with E-state index in [0.29, 0.717) is 34.3 Å². The van der Waals surface area contributed by atoms with Crippen LogP contribution in [0.25, 0.3) is 16.8 Å². The Morgan fingerprint density at radius 3 is 2.62 bits per heavy atom. The predicted molar refractivity (Wildman–Crippen MR) is 118 cm³/mol. The summed E-state index contributed by atoms with van der Waals surface area (Å²) in [6.07, 6.45) is 1.40. The minimum absolute atomic E-state index is 0.146. The highest BCUT2D eigenvalue weighted by atomic mass is 19.1. The predicted octanol–water partition coefficient (Wildman–Crippen LogP) is 4.70. The maximum atomic E-state index is 15.3. The summed E-state index contributed by atoms with van der Waals surface area (Å²) in [6, 6.07) is 12.7. The summed E-state index contributed by atoms with van der Waals surface area (Å²) < 4.78 is 35.8. The highest BCUT2D eigenvalue weighted by Gasteiger charge is 2.19. The molecule has 8 heteroatoms. The Labute approximate surface area is 184 Å². The van der Waals surface area contributed by atoms with Crippen molar-refractivity contribution in [2.24, 2.45) is 5.92 Å². The number of nitrogen functional groups attached to an aromatic ring is 1. The van der Waals surface area contributed by atoms with Crippen molar-refractivity contribution in [1.29, 1.82) is 0 Å². The van der Waals surface area contributed by atoms with Crippen LogP contribution in [0.3, 0.4) is 0 Å². The van der Waals surface area contributed by atoms with E-state index in [4.69, 9.17) is 10.5 Å². The van der Waals surface area contributed by atoms with Gasteiger partial charge in [0.05, 0.1) is 12.7 Å². The van der Waals surface area contributed by atoms with E-state index in [-0.39, 0.29) is 30.0 Å². The molecular weight excluding hydrogens is 414 g/mol. The molecule has 0 aliphatic carbocycles. The molecule has 3 N–H and O–H groups in total. The van der Waals surface area contributed by atoms with Crippen LogP contribution in [0.2, 0.25) is 0 Å². The molecule has 166 valence electrons. The van der Waals surface area contributed by atoms with Crippen molar-refractivity contribution < 1.29 is 18.6 Å². The number of aliphatic hydroxyl groups is 1. The SMILES string of the molecule is Cc1ccc(-c2ccn3nc(N)nc3c2)c(F)c1OCC[C@H](C)[C@@H](O)c1ccc(F)cc1. The molecule has 2 aromatic carbocycles. The number of halogens is 2. The van der Waals surface area contributed by atoms with E-state index in [1.807, 2.05) is 6.92 Å². The van der Waals surface area contributed by atoms with Crippen LogP contribution in [0.1, 0.15) is 30.6 Å². The molecule has 0 aliphatic rings.